The lowest BCUT2D eigenvalue weighted by Gasteiger charge is -2.07. The van der Waals surface area contributed by atoms with Crippen LogP contribution in [0.4, 0.5) is 4.39 Å². The van der Waals surface area contributed by atoms with Gasteiger partial charge in [0.2, 0.25) is 10.0 Å². The van der Waals surface area contributed by atoms with E-state index in [9.17, 15) is 12.8 Å². The highest BCUT2D eigenvalue weighted by Gasteiger charge is 2.19. The lowest BCUT2D eigenvalue weighted by Crippen LogP contribution is -2.24. The number of benzene rings is 1. The molecule has 0 spiro atoms. The molecule has 20 heavy (non-hydrogen) atoms. The van der Waals surface area contributed by atoms with Gasteiger partial charge in [-0.05, 0) is 24.6 Å². The number of aryl methyl sites for hydroxylation is 1. The van der Waals surface area contributed by atoms with Crippen molar-refractivity contribution in [3.05, 3.63) is 47.1 Å². The van der Waals surface area contributed by atoms with Gasteiger partial charge in [0.15, 0.2) is 0 Å². The number of aliphatic hydroxyl groups is 1. The number of aromatic nitrogens is 1. The molecule has 0 saturated carbocycles. The van der Waals surface area contributed by atoms with Gasteiger partial charge in [-0.2, -0.15) is 0 Å². The minimum Gasteiger partial charge on any atom is -0.392 e. The van der Waals surface area contributed by atoms with E-state index in [4.69, 9.17) is 9.63 Å². The third-order valence-corrected chi connectivity index (χ3v) is 4.00. The average Bonchev–Trinajstić information content (AvgIpc) is 2.83. The van der Waals surface area contributed by atoms with Crippen LogP contribution in [0.1, 0.15) is 17.0 Å². The fraction of sp³-hybridized carbons (Fsp3) is 0.250. The van der Waals surface area contributed by atoms with Crippen molar-refractivity contribution in [2.45, 2.75) is 25.0 Å². The van der Waals surface area contributed by atoms with Crippen LogP contribution in [0.2, 0.25) is 0 Å². The molecule has 0 aliphatic carbocycles. The number of halogens is 1. The molecule has 0 aliphatic heterocycles. The summed E-state index contributed by atoms with van der Waals surface area (Å²) in [6.07, 6.45) is 0. The standard InChI is InChI=1S/C12H13FN2O4S/c1-8-4-10(15-19-8)6-14-20(17,18)12-5-9(7-16)2-3-11(12)13/h2-5,14,16H,6-7H2,1H3. The van der Waals surface area contributed by atoms with Crippen LogP contribution in [0.5, 0.6) is 0 Å². The zero-order valence-electron chi connectivity index (χ0n) is 10.6. The van der Waals surface area contributed by atoms with Gasteiger partial charge in [0, 0.05) is 6.07 Å². The molecule has 1 aromatic heterocycles. The van der Waals surface area contributed by atoms with Crippen molar-refractivity contribution in [3.63, 3.8) is 0 Å². The Hall–Kier alpha value is -1.77. The Kier molecular flexibility index (Phi) is 4.17. The van der Waals surface area contributed by atoms with Crippen LogP contribution in [0.25, 0.3) is 0 Å². The highest BCUT2D eigenvalue weighted by molar-refractivity contribution is 7.89. The Morgan fingerprint density at radius 3 is 2.75 bits per heavy atom. The third-order valence-electron chi connectivity index (χ3n) is 2.59. The quantitative estimate of drug-likeness (QED) is 0.862. The van der Waals surface area contributed by atoms with Gasteiger partial charge in [0.1, 0.15) is 16.5 Å². The van der Waals surface area contributed by atoms with E-state index in [-0.39, 0.29) is 13.2 Å². The molecular weight excluding hydrogens is 287 g/mol. The van der Waals surface area contributed by atoms with Crippen LogP contribution in [0.3, 0.4) is 0 Å². The van der Waals surface area contributed by atoms with Crippen LogP contribution in [-0.4, -0.2) is 18.7 Å². The van der Waals surface area contributed by atoms with Gasteiger partial charge in [0.25, 0.3) is 0 Å². The average molecular weight is 300 g/mol. The summed E-state index contributed by atoms with van der Waals surface area (Å²) in [7, 11) is -4.03. The van der Waals surface area contributed by atoms with E-state index in [1.165, 1.54) is 6.07 Å². The number of nitrogens with zero attached hydrogens (tertiary/aromatic N) is 1. The molecule has 0 radical (unpaired) electrons. The van der Waals surface area contributed by atoms with Crippen LogP contribution in [0.15, 0.2) is 33.7 Å². The first kappa shape index (κ1) is 14.6. The number of nitrogens with one attached hydrogen (secondary N) is 1. The van der Waals surface area contributed by atoms with Crippen molar-refractivity contribution in [1.82, 2.24) is 9.88 Å². The Labute approximate surface area is 115 Å². The molecule has 2 aromatic rings. The molecule has 0 aliphatic rings. The topological polar surface area (TPSA) is 92.4 Å². The van der Waals surface area contributed by atoms with Gasteiger partial charge in [-0.3, -0.25) is 0 Å². The number of hydrogen-bond donors (Lipinski definition) is 2. The predicted molar refractivity (Wildman–Crippen MR) is 67.6 cm³/mol. The van der Waals surface area contributed by atoms with Gasteiger partial charge in [0.05, 0.1) is 18.8 Å². The normalized spacial score (nSPS) is 11.8. The van der Waals surface area contributed by atoms with Crippen molar-refractivity contribution in [1.29, 1.82) is 0 Å². The van der Waals surface area contributed by atoms with E-state index < -0.39 is 20.7 Å². The molecule has 0 amide bonds. The van der Waals surface area contributed by atoms with Crippen LogP contribution >= 0.6 is 0 Å². The van der Waals surface area contributed by atoms with Gasteiger partial charge in [-0.1, -0.05) is 11.2 Å². The summed E-state index contributed by atoms with van der Waals surface area (Å²) in [4.78, 5) is -0.510. The van der Waals surface area contributed by atoms with Crippen molar-refractivity contribution < 1.29 is 22.4 Å². The van der Waals surface area contributed by atoms with Crippen molar-refractivity contribution in [2.75, 3.05) is 0 Å². The molecule has 0 saturated heterocycles. The summed E-state index contributed by atoms with van der Waals surface area (Å²) in [6.45, 7) is 1.20. The molecule has 0 bridgehead atoms. The SMILES string of the molecule is Cc1cc(CNS(=O)(=O)c2cc(CO)ccc2F)no1. The number of hydrogen-bond acceptors (Lipinski definition) is 5. The molecule has 0 fully saturated rings. The molecule has 0 unspecified atom stereocenters. The summed E-state index contributed by atoms with van der Waals surface area (Å²) >= 11 is 0. The first-order valence-electron chi connectivity index (χ1n) is 5.73. The van der Waals surface area contributed by atoms with E-state index in [1.807, 2.05) is 0 Å². The van der Waals surface area contributed by atoms with Gasteiger partial charge < -0.3 is 9.63 Å². The van der Waals surface area contributed by atoms with Crippen LogP contribution in [-0.2, 0) is 23.2 Å². The molecule has 8 heteroatoms. The summed E-state index contributed by atoms with van der Waals surface area (Å²) < 4.78 is 44.6. The Bertz CT molecular complexity index is 712. The zero-order chi connectivity index (χ0) is 14.8. The Morgan fingerprint density at radius 2 is 2.15 bits per heavy atom. The fourth-order valence-electron chi connectivity index (χ4n) is 1.60. The lowest BCUT2D eigenvalue weighted by atomic mass is 10.2. The summed E-state index contributed by atoms with van der Waals surface area (Å²) in [5, 5.41) is 12.6. The second-order valence-corrected chi connectivity index (χ2v) is 5.91. The maximum atomic E-state index is 13.6. The molecule has 2 rings (SSSR count). The van der Waals surface area contributed by atoms with Gasteiger partial charge in [-0.25, -0.2) is 17.5 Å². The van der Waals surface area contributed by atoms with Crippen LogP contribution in [0, 0.1) is 12.7 Å². The van der Waals surface area contributed by atoms with E-state index in [1.54, 1.807) is 13.0 Å². The lowest BCUT2D eigenvalue weighted by molar-refractivity contribution is 0.281. The van der Waals surface area contributed by atoms with E-state index >= 15 is 0 Å². The van der Waals surface area contributed by atoms with Crippen molar-refractivity contribution in [3.8, 4) is 0 Å². The largest absolute Gasteiger partial charge is 0.392 e. The van der Waals surface area contributed by atoms with E-state index in [2.05, 4.69) is 9.88 Å². The van der Waals surface area contributed by atoms with Crippen molar-refractivity contribution in [2.24, 2.45) is 0 Å². The van der Waals surface area contributed by atoms with Crippen LogP contribution < -0.4 is 4.72 Å². The molecule has 6 nitrogen and oxygen atoms in total. The molecular formula is C12H13FN2O4S. The van der Waals surface area contributed by atoms with Gasteiger partial charge >= 0.3 is 0 Å². The minimum absolute atomic E-state index is 0.109. The number of sulfonamides is 1. The molecule has 2 N–H and O–H groups in total. The highest BCUT2D eigenvalue weighted by Crippen LogP contribution is 2.17. The first-order valence-corrected chi connectivity index (χ1v) is 7.22. The monoisotopic (exact) mass is 300 g/mol. The number of rotatable bonds is 5. The molecule has 108 valence electrons. The molecule has 1 heterocycles. The second-order valence-electron chi connectivity index (χ2n) is 4.18. The zero-order valence-corrected chi connectivity index (χ0v) is 11.4. The Morgan fingerprint density at radius 1 is 1.40 bits per heavy atom. The predicted octanol–water partition coefficient (Wildman–Crippen LogP) is 1.09. The van der Waals surface area contributed by atoms with E-state index in [0.29, 0.717) is 17.0 Å². The summed E-state index contributed by atoms with van der Waals surface area (Å²) in [5.41, 5.74) is 0.703. The fourth-order valence-corrected chi connectivity index (χ4v) is 2.72. The van der Waals surface area contributed by atoms with Gasteiger partial charge in [-0.15, -0.1) is 0 Å². The number of aliphatic hydroxyl groups excluding tert-OH is 1. The Balaban J connectivity index is 2.21. The second kappa shape index (κ2) is 5.70. The summed E-state index contributed by atoms with van der Waals surface area (Å²) in [6, 6.07) is 4.98. The summed E-state index contributed by atoms with van der Waals surface area (Å²) in [5.74, 6) is -0.335. The molecule has 1 aromatic carbocycles. The maximum Gasteiger partial charge on any atom is 0.243 e. The highest BCUT2D eigenvalue weighted by atomic mass is 32.2. The van der Waals surface area contributed by atoms with E-state index in [0.717, 1.165) is 12.1 Å². The molecule has 0 atom stereocenters. The first-order chi connectivity index (χ1) is 9.42. The maximum absolute atomic E-state index is 13.6. The van der Waals surface area contributed by atoms with Crippen molar-refractivity contribution >= 4 is 10.0 Å². The minimum atomic E-state index is -4.03. The smallest absolute Gasteiger partial charge is 0.243 e. The third kappa shape index (κ3) is 3.21.